The van der Waals surface area contributed by atoms with E-state index >= 15 is 0 Å². The Kier molecular flexibility index (Phi) is 23.6. The number of hydrogen-bond donors (Lipinski definition) is 0. The summed E-state index contributed by atoms with van der Waals surface area (Å²) < 4.78 is 29.1. The molecule has 0 N–H and O–H groups in total. The van der Waals surface area contributed by atoms with E-state index in [0.29, 0.717) is 6.61 Å². The average Bonchev–Trinajstić information content (AvgIpc) is 2.72. The van der Waals surface area contributed by atoms with Crippen LogP contribution in [0.5, 0.6) is 5.75 Å². The van der Waals surface area contributed by atoms with Gasteiger partial charge in [-0.1, -0.05) is 76.2 Å². The molecule has 0 radical (unpaired) electrons. The van der Waals surface area contributed by atoms with Crippen LogP contribution in [0.2, 0.25) is 0 Å². The summed E-state index contributed by atoms with van der Waals surface area (Å²) in [6, 6.07) is 21.8. The van der Waals surface area contributed by atoms with E-state index in [-0.39, 0.29) is 0 Å². The van der Waals surface area contributed by atoms with Gasteiger partial charge in [0.15, 0.2) is 0 Å². The Balaban J connectivity index is -0.000000373. The van der Waals surface area contributed by atoms with Crippen LogP contribution in [-0.4, -0.2) is 21.8 Å². The molecule has 2 aromatic rings. The van der Waals surface area contributed by atoms with Gasteiger partial charge in [-0.3, -0.25) is 4.18 Å². The zero-order valence-corrected chi connectivity index (χ0v) is 18.3. The van der Waals surface area contributed by atoms with Crippen LogP contribution >= 0.6 is 0 Å². The van der Waals surface area contributed by atoms with Crippen LogP contribution in [0.25, 0.3) is 0 Å². The van der Waals surface area contributed by atoms with E-state index < -0.39 is 10.1 Å². The van der Waals surface area contributed by atoms with Gasteiger partial charge in [0.2, 0.25) is 0 Å². The molecule has 0 aliphatic carbocycles. The lowest BCUT2D eigenvalue weighted by Gasteiger charge is -2.05. The largest absolute Gasteiger partial charge is 0.489 e. The van der Waals surface area contributed by atoms with Crippen molar-refractivity contribution in [2.45, 2.75) is 41.2 Å². The Morgan fingerprint density at radius 3 is 1.56 bits per heavy atom. The van der Waals surface area contributed by atoms with E-state index in [9.17, 15) is 8.42 Å². The van der Waals surface area contributed by atoms with E-state index in [0.717, 1.165) is 19.1 Å². The molecule has 0 fully saturated rings. The number of rotatable bonds is 4. The molecule has 0 aromatic heterocycles. The minimum absolute atomic E-state index is 0.630. The lowest BCUT2D eigenvalue weighted by Crippen LogP contribution is -1.95. The second kappa shape index (κ2) is 21.7. The van der Waals surface area contributed by atoms with Crippen molar-refractivity contribution >= 4 is 10.1 Å². The fourth-order valence-electron chi connectivity index (χ4n) is 1.26. The lowest BCUT2D eigenvalue weighted by atomic mass is 10.2. The SMILES string of the molecule is CC.CC.CC#N.COS(C)(=O)=O.c1ccc(COc2ccccc2)cc1. The zero-order valence-electron chi connectivity index (χ0n) is 17.5. The molecule has 5 nitrogen and oxygen atoms in total. The van der Waals surface area contributed by atoms with Gasteiger partial charge in [-0.05, 0) is 17.7 Å². The molecule has 0 aliphatic heterocycles. The molecule has 0 unspecified atom stereocenters. The van der Waals surface area contributed by atoms with Crippen LogP contribution in [0.15, 0.2) is 60.7 Å². The van der Waals surface area contributed by atoms with Crippen LogP contribution in [0.4, 0.5) is 0 Å². The predicted molar refractivity (Wildman–Crippen MR) is 113 cm³/mol. The topological polar surface area (TPSA) is 76.4 Å². The Hall–Kier alpha value is -2.36. The highest BCUT2D eigenvalue weighted by atomic mass is 32.2. The highest BCUT2D eigenvalue weighted by Gasteiger charge is 1.92. The summed E-state index contributed by atoms with van der Waals surface area (Å²) in [5.41, 5.74) is 1.19. The molecular formula is C21H33NO4S. The molecule has 0 saturated carbocycles. The molecule has 0 bridgehead atoms. The van der Waals surface area contributed by atoms with Gasteiger partial charge in [0.1, 0.15) is 12.4 Å². The van der Waals surface area contributed by atoms with Gasteiger partial charge in [-0.15, -0.1) is 0 Å². The Labute approximate surface area is 165 Å². The summed E-state index contributed by atoms with van der Waals surface area (Å²) in [7, 11) is -2.04. The molecule has 27 heavy (non-hydrogen) atoms. The third-order valence-electron chi connectivity index (χ3n) is 2.29. The van der Waals surface area contributed by atoms with Gasteiger partial charge in [0.05, 0.1) is 19.4 Å². The standard InChI is InChI=1S/C13H12O.C2H3N.C2H6O3S.2C2H6/c1-3-7-12(8-4-1)11-14-13-9-5-2-6-10-13;1-2-3;1-5-6(2,3)4;2*1-2/h1-10H,11H2;1H3;1-2H3;2*1-2H3. The van der Waals surface area contributed by atoms with Gasteiger partial charge in [0, 0.05) is 6.92 Å². The van der Waals surface area contributed by atoms with Crippen LogP contribution in [0.3, 0.4) is 0 Å². The summed E-state index contributed by atoms with van der Waals surface area (Å²) in [6.07, 6.45) is 0.993. The minimum atomic E-state index is -3.16. The van der Waals surface area contributed by atoms with Crippen LogP contribution < -0.4 is 4.74 Å². The molecule has 0 spiro atoms. The second-order valence-corrected chi connectivity index (χ2v) is 5.92. The summed E-state index contributed by atoms with van der Waals surface area (Å²) in [5, 5.41) is 7.32. The van der Waals surface area contributed by atoms with E-state index in [4.69, 9.17) is 10.00 Å². The fraction of sp³-hybridized carbons (Fsp3) is 0.381. The third kappa shape index (κ3) is 23.6. The van der Waals surface area contributed by atoms with Crippen LogP contribution in [0.1, 0.15) is 40.2 Å². The average molecular weight is 396 g/mol. The van der Waals surface area contributed by atoms with Crippen molar-refractivity contribution in [2.24, 2.45) is 0 Å². The first-order valence-corrected chi connectivity index (χ1v) is 10.5. The van der Waals surface area contributed by atoms with E-state index in [1.54, 1.807) is 6.07 Å². The van der Waals surface area contributed by atoms with Crippen molar-refractivity contribution in [2.75, 3.05) is 13.4 Å². The van der Waals surface area contributed by atoms with E-state index in [1.807, 2.05) is 76.2 Å². The van der Waals surface area contributed by atoms with Gasteiger partial charge in [0.25, 0.3) is 10.1 Å². The Morgan fingerprint density at radius 1 is 0.889 bits per heavy atom. The van der Waals surface area contributed by atoms with Crippen molar-refractivity contribution in [3.8, 4) is 11.8 Å². The molecule has 0 amide bonds. The number of para-hydroxylation sites is 1. The minimum Gasteiger partial charge on any atom is -0.489 e. The molecule has 0 atom stereocenters. The normalized spacial score (nSPS) is 8.37. The number of hydrogen-bond acceptors (Lipinski definition) is 5. The first-order valence-electron chi connectivity index (χ1n) is 8.71. The Bertz CT molecular complexity index is 627. The van der Waals surface area contributed by atoms with Crippen molar-refractivity contribution in [1.29, 1.82) is 5.26 Å². The monoisotopic (exact) mass is 395 g/mol. The molecule has 2 rings (SSSR count). The van der Waals surface area contributed by atoms with Crippen molar-refractivity contribution in [3.05, 3.63) is 66.2 Å². The number of ether oxygens (including phenoxy) is 1. The first-order chi connectivity index (χ1) is 12.9. The van der Waals surface area contributed by atoms with Crippen molar-refractivity contribution < 1.29 is 17.3 Å². The van der Waals surface area contributed by atoms with Gasteiger partial charge < -0.3 is 4.74 Å². The molecule has 152 valence electrons. The second-order valence-electron chi connectivity index (χ2n) is 4.18. The maximum absolute atomic E-state index is 9.78. The lowest BCUT2D eigenvalue weighted by molar-refractivity contribution is 0.306. The zero-order chi connectivity index (χ0) is 21.6. The number of nitrogens with zero attached hydrogens (tertiary/aromatic N) is 1. The summed E-state index contributed by atoms with van der Waals surface area (Å²) >= 11 is 0. The summed E-state index contributed by atoms with van der Waals surface area (Å²) in [6.45, 7) is 10.1. The number of benzene rings is 2. The highest BCUT2D eigenvalue weighted by Crippen LogP contribution is 2.11. The van der Waals surface area contributed by atoms with Crippen molar-refractivity contribution in [3.63, 3.8) is 0 Å². The van der Waals surface area contributed by atoms with E-state index in [1.165, 1.54) is 12.5 Å². The molecule has 2 aromatic carbocycles. The third-order valence-corrected chi connectivity index (χ3v) is 2.90. The van der Waals surface area contributed by atoms with Gasteiger partial charge in [-0.25, -0.2) is 0 Å². The van der Waals surface area contributed by atoms with E-state index in [2.05, 4.69) is 16.3 Å². The summed E-state index contributed by atoms with van der Waals surface area (Å²) in [5.74, 6) is 0.913. The highest BCUT2D eigenvalue weighted by molar-refractivity contribution is 7.85. The van der Waals surface area contributed by atoms with Crippen molar-refractivity contribution in [1.82, 2.24) is 0 Å². The molecular weight excluding hydrogens is 362 g/mol. The number of nitriles is 1. The molecule has 0 heterocycles. The maximum atomic E-state index is 9.78. The molecule has 6 heteroatoms. The van der Waals surface area contributed by atoms with Gasteiger partial charge in [-0.2, -0.15) is 13.7 Å². The molecule has 0 saturated heterocycles. The predicted octanol–water partition coefficient (Wildman–Crippen LogP) is 5.44. The van der Waals surface area contributed by atoms with Crippen LogP contribution in [-0.2, 0) is 20.9 Å². The Morgan fingerprint density at radius 2 is 1.22 bits per heavy atom. The fourth-order valence-corrected chi connectivity index (χ4v) is 1.26. The summed E-state index contributed by atoms with van der Waals surface area (Å²) in [4.78, 5) is 0. The first kappa shape index (κ1) is 29.4. The quantitative estimate of drug-likeness (QED) is 0.644. The maximum Gasteiger partial charge on any atom is 0.264 e. The molecule has 0 aliphatic rings. The smallest absolute Gasteiger partial charge is 0.264 e. The van der Waals surface area contributed by atoms with Crippen LogP contribution in [0, 0.1) is 11.3 Å². The van der Waals surface area contributed by atoms with Gasteiger partial charge >= 0.3 is 0 Å².